The minimum absolute atomic E-state index is 0.211. The Kier molecular flexibility index (Phi) is 1.46. The van der Waals surface area contributed by atoms with Gasteiger partial charge in [0, 0.05) is 6.42 Å². The van der Waals surface area contributed by atoms with E-state index in [1.165, 1.54) is 0 Å². The Morgan fingerprint density at radius 3 is 3.17 bits per heavy atom. The molecule has 1 aliphatic heterocycles. The maximum atomic E-state index is 10.9. The van der Waals surface area contributed by atoms with Gasteiger partial charge in [-0.05, 0) is 0 Å². The molecule has 12 heavy (non-hydrogen) atoms. The van der Waals surface area contributed by atoms with Crippen LogP contribution in [0.3, 0.4) is 0 Å². The highest BCUT2D eigenvalue weighted by Crippen LogP contribution is 2.03. The summed E-state index contributed by atoms with van der Waals surface area (Å²) in [7, 11) is 0. The second-order valence-corrected chi connectivity index (χ2v) is 2.52. The lowest BCUT2D eigenvalue weighted by atomic mass is 10.4. The van der Waals surface area contributed by atoms with Crippen molar-refractivity contribution in [1.29, 1.82) is 0 Å². The van der Waals surface area contributed by atoms with Crippen molar-refractivity contribution in [3.63, 3.8) is 0 Å². The highest BCUT2D eigenvalue weighted by Gasteiger charge is 2.17. The van der Waals surface area contributed by atoms with E-state index in [0.29, 0.717) is 6.54 Å². The molecule has 0 spiro atoms. The molecule has 2 N–H and O–H groups in total. The Balaban J connectivity index is 2.40. The van der Waals surface area contributed by atoms with Crippen molar-refractivity contribution in [2.24, 2.45) is 0 Å². The summed E-state index contributed by atoms with van der Waals surface area (Å²) in [5.74, 6) is 1.52. The number of fused-ring (bicyclic) bond motifs is 1. The van der Waals surface area contributed by atoms with Crippen molar-refractivity contribution in [2.75, 3.05) is 5.43 Å². The molecule has 0 saturated heterocycles. The molecule has 0 aliphatic carbocycles. The first-order valence-corrected chi connectivity index (χ1v) is 3.79. The molecule has 2 amide bonds. The zero-order valence-electron chi connectivity index (χ0n) is 6.66. The summed E-state index contributed by atoms with van der Waals surface area (Å²) in [5, 5.41) is 10.4. The summed E-state index contributed by atoms with van der Waals surface area (Å²) in [6.45, 7) is 2.41. The van der Waals surface area contributed by atoms with E-state index >= 15 is 0 Å². The predicted octanol–water partition coefficient (Wildman–Crippen LogP) is -0.393. The maximum absolute atomic E-state index is 10.9. The van der Waals surface area contributed by atoms with E-state index in [1.807, 2.05) is 6.92 Å². The number of amides is 2. The second kappa shape index (κ2) is 2.47. The number of carbonyl (C=O) groups excluding carboxylic acids is 1. The summed E-state index contributed by atoms with van der Waals surface area (Å²) in [4.78, 5) is 10.9. The van der Waals surface area contributed by atoms with Crippen molar-refractivity contribution < 1.29 is 4.79 Å². The first kappa shape index (κ1) is 7.08. The van der Waals surface area contributed by atoms with Gasteiger partial charge in [0.25, 0.3) is 0 Å². The third-order valence-corrected chi connectivity index (χ3v) is 1.73. The Bertz CT molecular complexity index is 304. The Morgan fingerprint density at radius 1 is 1.58 bits per heavy atom. The SMILES string of the molecule is CCc1nnc2n1NC(=O)NC2. The van der Waals surface area contributed by atoms with Crippen LogP contribution in [-0.2, 0) is 13.0 Å². The fourth-order valence-electron chi connectivity index (χ4n) is 1.13. The number of rotatable bonds is 1. The van der Waals surface area contributed by atoms with Crippen LogP contribution in [0.1, 0.15) is 18.6 Å². The molecule has 6 nitrogen and oxygen atoms in total. The average molecular weight is 167 g/mol. The minimum atomic E-state index is -0.211. The van der Waals surface area contributed by atoms with Gasteiger partial charge in [0.1, 0.15) is 0 Å². The number of carbonyl (C=O) groups is 1. The van der Waals surface area contributed by atoms with Crippen LogP contribution in [0.4, 0.5) is 4.79 Å². The van der Waals surface area contributed by atoms with Gasteiger partial charge in [0.15, 0.2) is 11.6 Å². The van der Waals surface area contributed by atoms with Crippen LogP contribution in [0, 0.1) is 0 Å². The summed E-state index contributed by atoms with van der Waals surface area (Å²) in [6, 6.07) is -0.211. The van der Waals surface area contributed by atoms with E-state index in [9.17, 15) is 4.79 Å². The molecule has 6 heteroatoms. The zero-order chi connectivity index (χ0) is 8.55. The van der Waals surface area contributed by atoms with E-state index in [1.54, 1.807) is 4.68 Å². The normalized spacial score (nSPS) is 14.9. The van der Waals surface area contributed by atoms with Gasteiger partial charge in [-0.25, -0.2) is 14.9 Å². The predicted molar refractivity (Wildman–Crippen MR) is 41.0 cm³/mol. The molecule has 1 aromatic heterocycles. The number of aryl methyl sites for hydroxylation is 1. The van der Waals surface area contributed by atoms with Gasteiger partial charge in [0.05, 0.1) is 6.54 Å². The Morgan fingerprint density at radius 2 is 2.42 bits per heavy atom. The fourth-order valence-corrected chi connectivity index (χ4v) is 1.13. The van der Waals surface area contributed by atoms with Crippen molar-refractivity contribution in [3.05, 3.63) is 11.6 Å². The Labute approximate surface area is 68.9 Å². The summed E-state index contributed by atoms with van der Waals surface area (Å²) in [6.07, 6.45) is 0.757. The number of nitrogens with one attached hydrogen (secondary N) is 2. The zero-order valence-corrected chi connectivity index (χ0v) is 6.66. The molecule has 0 unspecified atom stereocenters. The van der Waals surface area contributed by atoms with E-state index in [-0.39, 0.29) is 6.03 Å². The molecule has 0 saturated carbocycles. The van der Waals surface area contributed by atoms with Crippen molar-refractivity contribution in [1.82, 2.24) is 20.2 Å². The van der Waals surface area contributed by atoms with E-state index in [0.717, 1.165) is 18.1 Å². The highest BCUT2D eigenvalue weighted by atomic mass is 16.2. The lowest BCUT2D eigenvalue weighted by molar-refractivity contribution is 0.246. The molecule has 0 radical (unpaired) electrons. The van der Waals surface area contributed by atoms with Crippen molar-refractivity contribution in [3.8, 4) is 0 Å². The summed E-state index contributed by atoms with van der Waals surface area (Å²) < 4.78 is 1.62. The number of hydrogen-bond acceptors (Lipinski definition) is 3. The van der Waals surface area contributed by atoms with Crippen LogP contribution < -0.4 is 10.7 Å². The first-order valence-electron chi connectivity index (χ1n) is 3.79. The Hall–Kier alpha value is -1.59. The van der Waals surface area contributed by atoms with Gasteiger partial charge in [-0.1, -0.05) is 6.92 Å². The van der Waals surface area contributed by atoms with E-state index in [2.05, 4.69) is 20.9 Å². The smallest absolute Gasteiger partial charge is 0.329 e. The molecule has 2 heterocycles. The van der Waals surface area contributed by atoms with Crippen molar-refractivity contribution in [2.45, 2.75) is 19.9 Å². The molecule has 1 aliphatic rings. The van der Waals surface area contributed by atoms with Crippen LogP contribution in [0.25, 0.3) is 0 Å². The quantitative estimate of drug-likeness (QED) is 0.598. The molecule has 0 atom stereocenters. The largest absolute Gasteiger partial charge is 0.334 e. The van der Waals surface area contributed by atoms with Gasteiger partial charge < -0.3 is 5.32 Å². The van der Waals surface area contributed by atoms with Gasteiger partial charge in [-0.2, -0.15) is 0 Å². The molecule has 1 aromatic rings. The number of urea groups is 1. The average Bonchev–Trinajstić information content (AvgIpc) is 2.46. The van der Waals surface area contributed by atoms with Crippen LogP contribution in [-0.4, -0.2) is 20.9 Å². The van der Waals surface area contributed by atoms with Crippen molar-refractivity contribution >= 4 is 6.03 Å². The maximum Gasteiger partial charge on any atom is 0.334 e. The van der Waals surface area contributed by atoms with Crippen LogP contribution >= 0.6 is 0 Å². The summed E-state index contributed by atoms with van der Waals surface area (Å²) >= 11 is 0. The fraction of sp³-hybridized carbons (Fsp3) is 0.500. The molecular weight excluding hydrogens is 158 g/mol. The number of aromatic nitrogens is 3. The molecule has 0 aromatic carbocycles. The standard InChI is InChI=1S/C6H9N5O/c1-2-4-8-9-5-3-7-6(12)10-11(4)5/h2-3H2,1H3,(H2,7,10,12). The molecule has 0 bridgehead atoms. The minimum Gasteiger partial charge on any atom is -0.329 e. The van der Waals surface area contributed by atoms with Gasteiger partial charge >= 0.3 is 6.03 Å². The second-order valence-electron chi connectivity index (χ2n) is 2.52. The van der Waals surface area contributed by atoms with Gasteiger partial charge in [0.2, 0.25) is 0 Å². The third-order valence-electron chi connectivity index (χ3n) is 1.73. The van der Waals surface area contributed by atoms with Gasteiger partial charge in [-0.15, -0.1) is 10.2 Å². The summed E-state index contributed by atoms with van der Waals surface area (Å²) in [5.41, 5.74) is 2.60. The third kappa shape index (κ3) is 0.919. The lowest BCUT2D eigenvalue weighted by Crippen LogP contribution is -2.41. The molecule has 2 rings (SSSR count). The van der Waals surface area contributed by atoms with Crippen LogP contribution in [0.2, 0.25) is 0 Å². The molecule has 0 fully saturated rings. The van der Waals surface area contributed by atoms with Crippen LogP contribution in [0.15, 0.2) is 0 Å². The topological polar surface area (TPSA) is 71.8 Å². The van der Waals surface area contributed by atoms with Gasteiger partial charge in [-0.3, -0.25) is 0 Å². The molecular formula is C6H9N5O. The first-order chi connectivity index (χ1) is 5.81. The van der Waals surface area contributed by atoms with E-state index < -0.39 is 0 Å². The monoisotopic (exact) mass is 167 g/mol. The van der Waals surface area contributed by atoms with E-state index in [4.69, 9.17) is 0 Å². The molecule has 64 valence electrons. The lowest BCUT2D eigenvalue weighted by Gasteiger charge is -2.16. The number of hydrogen-bond donors (Lipinski definition) is 2. The number of nitrogens with zero attached hydrogens (tertiary/aromatic N) is 3. The van der Waals surface area contributed by atoms with Crippen LogP contribution in [0.5, 0.6) is 0 Å². The highest BCUT2D eigenvalue weighted by molar-refractivity contribution is 5.82.